The molecule has 0 aromatic heterocycles. The van der Waals surface area contributed by atoms with Crippen LogP contribution < -0.4 is 14.4 Å². The van der Waals surface area contributed by atoms with Gasteiger partial charge in [0.15, 0.2) is 15.8 Å². The lowest BCUT2D eigenvalue weighted by Gasteiger charge is -2.17. The molecule has 1 aliphatic rings. The first-order valence-corrected chi connectivity index (χ1v) is 12.5. The molecule has 1 aliphatic heterocycles. The van der Waals surface area contributed by atoms with E-state index < -0.39 is 0 Å². The van der Waals surface area contributed by atoms with E-state index in [0.29, 0.717) is 39.0 Å². The van der Waals surface area contributed by atoms with Crippen LogP contribution in [0.2, 0.25) is 5.02 Å². The van der Waals surface area contributed by atoms with E-state index in [1.807, 2.05) is 87.5 Å². The predicted molar refractivity (Wildman–Crippen MR) is 145 cm³/mol. The van der Waals surface area contributed by atoms with E-state index in [1.165, 1.54) is 11.8 Å². The normalized spacial score (nSPS) is 14.7. The highest BCUT2D eigenvalue weighted by atomic mass is 35.5. The number of rotatable bonds is 7. The average Bonchev–Trinajstić information content (AvgIpc) is 3.07. The number of hydrogen-bond donors (Lipinski definition) is 0. The van der Waals surface area contributed by atoms with Gasteiger partial charge in [0, 0.05) is 10.6 Å². The number of amides is 1. The van der Waals surface area contributed by atoms with E-state index in [9.17, 15) is 4.79 Å². The van der Waals surface area contributed by atoms with Crippen LogP contribution in [0.25, 0.3) is 6.08 Å². The number of nitrogens with zero attached hydrogens (tertiary/aromatic N) is 1. The van der Waals surface area contributed by atoms with Crippen molar-refractivity contribution in [2.75, 3.05) is 11.5 Å². The molecule has 0 aliphatic carbocycles. The number of ether oxygens (including phenoxy) is 2. The van der Waals surface area contributed by atoms with Gasteiger partial charge in [-0.25, -0.2) is 0 Å². The summed E-state index contributed by atoms with van der Waals surface area (Å²) in [6.45, 7) is 6.74. The lowest BCUT2D eigenvalue weighted by atomic mass is 10.1. The van der Waals surface area contributed by atoms with E-state index in [0.717, 1.165) is 27.9 Å². The van der Waals surface area contributed by atoms with Crippen molar-refractivity contribution < 1.29 is 14.3 Å². The molecule has 1 amide bonds. The monoisotopic (exact) mass is 509 g/mol. The highest BCUT2D eigenvalue weighted by Gasteiger charge is 2.34. The number of thiocarbonyl (C=S) groups is 1. The maximum absolute atomic E-state index is 13.2. The molecule has 3 aromatic carbocycles. The fraction of sp³-hybridized carbons (Fsp3) is 0.185. The summed E-state index contributed by atoms with van der Waals surface area (Å²) in [5.74, 6) is 1.09. The molecule has 4 nitrogen and oxygen atoms in total. The second kappa shape index (κ2) is 10.6. The van der Waals surface area contributed by atoms with Crippen LogP contribution in [-0.4, -0.2) is 16.8 Å². The lowest BCUT2D eigenvalue weighted by molar-refractivity contribution is -0.113. The summed E-state index contributed by atoms with van der Waals surface area (Å²) in [5.41, 5.74) is 4.69. The first-order chi connectivity index (χ1) is 16.4. The minimum absolute atomic E-state index is 0.126. The van der Waals surface area contributed by atoms with Crippen LogP contribution in [0, 0.1) is 13.8 Å². The zero-order chi connectivity index (χ0) is 24.2. The maximum Gasteiger partial charge on any atom is 0.270 e. The molecule has 0 saturated carbocycles. The fourth-order valence-electron chi connectivity index (χ4n) is 3.66. The van der Waals surface area contributed by atoms with Crippen molar-refractivity contribution in [2.45, 2.75) is 27.4 Å². The zero-order valence-corrected chi connectivity index (χ0v) is 21.5. The Hall–Kier alpha value is -2.80. The predicted octanol–water partition coefficient (Wildman–Crippen LogP) is 7.34. The molecule has 7 heteroatoms. The van der Waals surface area contributed by atoms with Crippen LogP contribution in [-0.2, 0) is 11.4 Å². The molecule has 0 radical (unpaired) electrons. The first kappa shape index (κ1) is 24.3. The molecule has 174 valence electrons. The maximum atomic E-state index is 13.2. The standard InChI is InChI=1S/C27H24ClNO3S2/c1-4-31-24-14-19(10-12-23(24)32-16-20-7-5-6-8-21(20)28)15-25-26(30)29(27(33)34-25)22-11-9-17(2)13-18(22)3/h5-15H,4,16H2,1-3H3/b25-15-. The molecule has 1 heterocycles. The Kier molecular flexibility index (Phi) is 7.61. The van der Waals surface area contributed by atoms with Crippen LogP contribution in [0.3, 0.4) is 0 Å². The smallest absolute Gasteiger partial charge is 0.270 e. The van der Waals surface area contributed by atoms with Crippen molar-refractivity contribution >= 4 is 57.6 Å². The Balaban J connectivity index is 1.57. The summed E-state index contributed by atoms with van der Waals surface area (Å²) in [6, 6.07) is 19.2. The van der Waals surface area contributed by atoms with Crippen LogP contribution in [0.15, 0.2) is 65.6 Å². The Morgan fingerprint density at radius 3 is 2.56 bits per heavy atom. The largest absolute Gasteiger partial charge is 0.490 e. The number of anilines is 1. The van der Waals surface area contributed by atoms with E-state index in [2.05, 4.69) is 0 Å². The quantitative estimate of drug-likeness (QED) is 0.246. The van der Waals surface area contributed by atoms with Gasteiger partial charge in [-0.15, -0.1) is 0 Å². The number of hydrogen-bond acceptors (Lipinski definition) is 5. The van der Waals surface area contributed by atoms with Crippen molar-refractivity contribution in [2.24, 2.45) is 0 Å². The van der Waals surface area contributed by atoms with E-state index in [1.54, 1.807) is 4.90 Å². The number of benzene rings is 3. The fourth-order valence-corrected chi connectivity index (χ4v) is 5.13. The highest BCUT2D eigenvalue weighted by Crippen LogP contribution is 2.38. The summed E-state index contributed by atoms with van der Waals surface area (Å²) in [6.07, 6.45) is 1.84. The zero-order valence-electron chi connectivity index (χ0n) is 19.1. The molecule has 1 saturated heterocycles. The Labute approximate surface area is 214 Å². The number of carbonyl (C=O) groups is 1. The van der Waals surface area contributed by atoms with Gasteiger partial charge in [0.2, 0.25) is 0 Å². The summed E-state index contributed by atoms with van der Waals surface area (Å²) in [4.78, 5) is 15.4. The molecule has 4 rings (SSSR count). The second-order valence-electron chi connectivity index (χ2n) is 7.83. The van der Waals surface area contributed by atoms with Gasteiger partial charge in [-0.2, -0.15) is 0 Å². The molecule has 0 bridgehead atoms. The molecule has 1 fully saturated rings. The number of carbonyl (C=O) groups excluding carboxylic acids is 1. The third-order valence-corrected chi connectivity index (χ3v) is 6.96. The van der Waals surface area contributed by atoms with Gasteiger partial charge in [0.25, 0.3) is 5.91 Å². The van der Waals surface area contributed by atoms with E-state index in [-0.39, 0.29) is 5.91 Å². The van der Waals surface area contributed by atoms with Gasteiger partial charge < -0.3 is 9.47 Å². The van der Waals surface area contributed by atoms with Crippen LogP contribution in [0.5, 0.6) is 11.5 Å². The molecule has 0 N–H and O–H groups in total. The molecule has 34 heavy (non-hydrogen) atoms. The second-order valence-corrected chi connectivity index (χ2v) is 9.91. The van der Waals surface area contributed by atoms with Crippen molar-refractivity contribution in [3.05, 3.63) is 92.8 Å². The van der Waals surface area contributed by atoms with Crippen LogP contribution in [0.4, 0.5) is 5.69 Å². The van der Waals surface area contributed by atoms with Crippen molar-refractivity contribution in [1.82, 2.24) is 0 Å². The highest BCUT2D eigenvalue weighted by molar-refractivity contribution is 8.27. The van der Waals surface area contributed by atoms with Crippen molar-refractivity contribution in [3.63, 3.8) is 0 Å². The van der Waals surface area contributed by atoms with E-state index in [4.69, 9.17) is 33.3 Å². The van der Waals surface area contributed by atoms with Crippen molar-refractivity contribution in [3.8, 4) is 11.5 Å². The summed E-state index contributed by atoms with van der Waals surface area (Å²) in [5, 5.41) is 0.655. The minimum Gasteiger partial charge on any atom is -0.490 e. The third-order valence-electron chi connectivity index (χ3n) is 5.29. The number of halogens is 1. The van der Waals surface area contributed by atoms with E-state index >= 15 is 0 Å². The first-order valence-electron chi connectivity index (χ1n) is 10.9. The average molecular weight is 510 g/mol. The molecular weight excluding hydrogens is 486 g/mol. The number of aryl methyl sites for hydroxylation is 2. The molecular formula is C27H24ClNO3S2. The molecule has 0 unspecified atom stereocenters. The summed E-state index contributed by atoms with van der Waals surface area (Å²) < 4.78 is 12.3. The van der Waals surface area contributed by atoms with Gasteiger partial charge in [-0.3, -0.25) is 9.69 Å². The topological polar surface area (TPSA) is 38.8 Å². The lowest BCUT2D eigenvalue weighted by Crippen LogP contribution is -2.28. The van der Waals surface area contributed by atoms with Gasteiger partial charge in [0.1, 0.15) is 6.61 Å². The SMILES string of the molecule is CCOc1cc(/C=C2\SC(=S)N(c3ccc(C)cc3C)C2=O)ccc1OCc1ccccc1Cl. The molecule has 0 spiro atoms. The van der Waals surface area contributed by atoms with Crippen LogP contribution >= 0.6 is 35.6 Å². The third kappa shape index (κ3) is 5.30. The van der Waals surface area contributed by atoms with Gasteiger partial charge in [0.05, 0.1) is 17.2 Å². The minimum atomic E-state index is -0.126. The Morgan fingerprint density at radius 2 is 1.82 bits per heavy atom. The van der Waals surface area contributed by atoms with Gasteiger partial charge in [-0.05, 0) is 62.2 Å². The van der Waals surface area contributed by atoms with Crippen molar-refractivity contribution in [1.29, 1.82) is 0 Å². The number of thioether (sulfide) groups is 1. The summed E-state index contributed by atoms with van der Waals surface area (Å²) >= 11 is 13.1. The molecule has 0 atom stereocenters. The van der Waals surface area contributed by atoms with Gasteiger partial charge in [-0.1, -0.05) is 77.5 Å². The molecule has 3 aromatic rings. The van der Waals surface area contributed by atoms with Crippen LogP contribution in [0.1, 0.15) is 29.2 Å². The Bertz CT molecular complexity index is 1290. The van der Waals surface area contributed by atoms with Gasteiger partial charge >= 0.3 is 0 Å². The Morgan fingerprint density at radius 1 is 1.03 bits per heavy atom. The summed E-state index contributed by atoms with van der Waals surface area (Å²) in [7, 11) is 0.